The number of hydrogen-bond acceptors (Lipinski definition) is 5. The Hall–Kier alpha value is -2.21. The van der Waals surface area contributed by atoms with Gasteiger partial charge < -0.3 is 10.2 Å². The molecule has 0 aliphatic heterocycles. The van der Waals surface area contributed by atoms with Crippen LogP contribution in [0.3, 0.4) is 0 Å². The molecule has 0 aliphatic carbocycles. The van der Waals surface area contributed by atoms with E-state index in [2.05, 4.69) is 15.4 Å². The van der Waals surface area contributed by atoms with Gasteiger partial charge in [-0.05, 0) is 44.0 Å². The molecular formula is C15H19FN4O. The summed E-state index contributed by atoms with van der Waals surface area (Å²) < 4.78 is 19.1. The van der Waals surface area contributed by atoms with E-state index in [1.54, 1.807) is 19.1 Å². The molecule has 2 aromatic rings. The SMILES string of the molecule is CCCc1nc(NN)c(C)c(Oc2ccc(F)c(C)c2)n1. The molecule has 0 bridgehead atoms. The van der Waals surface area contributed by atoms with Crippen molar-refractivity contribution >= 4 is 5.82 Å². The van der Waals surface area contributed by atoms with Crippen LogP contribution in [0.5, 0.6) is 11.6 Å². The van der Waals surface area contributed by atoms with E-state index < -0.39 is 0 Å². The first kappa shape index (κ1) is 15.2. The van der Waals surface area contributed by atoms with E-state index in [0.717, 1.165) is 12.8 Å². The largest absolute Gasteiger partial charge is 0.439 e. The molecular weight excluding hydrogens is 271 g/mol. The molecule has 1 heterocycles. The molecule has 0 atom stereocenters. The van der Waals surface area contributed by atoms with Gasteiger partial charge in [0, 0.05) is 6.42 Å². The number of nitrogens with two attached hydrogens (primary N) is 1. The van der Waals surface area contributed by atoms with Crippen LogP contribution in [0.15, 0.2) is 18.2 Å². The minimum Gasteiger partial charge on any atom is -0.439 e. The summed E-state index contributed by atoms with van der Waals surface area (Å²) in [5.41, 5.74) is 3.78. The number of benzene rings is 1. The third-order valence-corrected chi connectivity index (χ3v) is 3.10. The van der Waals surface area contributed by atoms with E-state index in [4.69, 9.17) is 10.6 Å². The van der Waals surface area contributed by atoms with Crippen molar-refractivity contribution in [1.29, 1.82) is 0 Å². The van der Waals surface area contributed by atoms with Gasteiger partial charge in [0.25, 0.3) is 0 Å². The summed E-state index contributed by atoms with van der Waals surface area (Å²) in [4.78, 5) is 8.72. The van der Waals surface area contributed by atoms with E-state index in [1.165, 1.54) is 6.07 Å². The van der Waals surface area contributed by atoms with Gasteiger partial charge in [-0.15, -0.1) is 0 Å². The van der Waals surface area contributed by atoms with Crippen molar-refractivity contribution in [1.82, 2.24) is 9.97 Å². The highest BCUT2D eigenvalue weighted by Gasteiger charge is 2.12. The maximum atomic E-state index is 13.3. The number of halogens is 1. The lowest BCUT2D eigenvalue weighted by Crippen LogP contribution is -2.13. The van der Waals surface area contributed by atoms with Gasteiger partial charge in [-0.3, -0.25) is 0 Å². The molecule has 0 saturated carbocycles. The lowest BCUT2D eigenvalue weighted by Gasteiger charge is -2.13. The Morgan fingerprint density at radius 2 is 2.05 bits per heavy atom. The average Bonchev–Trinajstić information content (AvgIpc) is 2.46. The third-order valence-electron chi connectivity index (χ3n) is 3.10. The Balaban J connectivity index is 2.37. The predicted molar refractivity (Wildman–Crippen MR) is 79.8 cm³/mol. The number of hydrogen-bond donors (Lipinski definition) is 2. The topological polar surface area (TPSA) is 73.1 Å². The summed E-state index contributed by atoms with van der Waals surface area (Å²) in [5, 5.41) is 0. The zero-order valence-electron chi connectivity index (χ0n) is 12.4. The molecule has 2 rings (SSSR count). The van der Waals surface area contributed by atoms with Gasteiger partial charge >= 0.3 is 0 Å². The number of rotatable bonds is 5. The highest BCUT2D eigenvalue weighted by Crippen LogP contribution is 2.28. The van der Waals surface area contributed by atoms with Gasteiger partial charge in [0.15, 0.2) is 0 Å². The van der Waals surface area contributed by atoms with Crippen LogP contribution >= 0.6 is 0 Å². The quantitative estimate of drug-likeness (QED) is 0.653. The molecule has 0 amide bonds. The first-order valence-corrected chi connectivity index (χ1v) is 6.83. The number of anilines is 1. The summed E-state index contributed by atoms with van der Waals surface area (Å²) in [6, 6.07) is 4.57. The average molecular weight is 290 g/mol. The number of aromatic nitrogens is 2. The fraction of sp³-hybridized carbons (Fsp3) is 0.333. The molecule has 0 unspecified atom stereocenters. The van der Waals surface area contributed by atoms with Crippen LogP contribution in [0, 0.1) is 19.7 Å². The van der Waals surface area contributed by atoms with Gasteiger partial charge in [0.1, 0.15) is 23.2 Å². The molecule has 0 spiro atoms. The van der Waals surface area contributed by atoms with Crippen LogP contribution in [0.25, 0.3) is 0 Å². The molecule has 0 radical (unpaired) electrons. The lowest BCUT2D eigenvalue weighted by molar-refractivity contribution is 0.452. The first-order chi connectivity index (χ1) is 10.0. The van der Waals surface area contributed by atoms with Crippen molar-refractivity contribution in [2.24, 2.45) is 5.84 Å². The molecule has 21 heavy (non-hydrogen) atoms. The number of nitrogens with zero attached hydrogens (tertiary/aromatic N) is 2. The first-order valence-electron chi connectivity index (χ1n) is 6.83. The van der Waals surface area contributed by atoms with E-state index in [0.29, 0.717) is 34.4 Å². The van der Waals surface area contributed by atoms with E-state index in [9.17, 15) is 4.39 Å². The zero-order chi connectivity index (χ0) is 15.4. The van der Waals surface area contributed by atoms with E-state index >= 15 is 0 Å². The number of ether oxygens (including phenoxy) is 1. The van der Waals surface area contributed by atoms with Gasteiger partial charge in [-0.2, -0.15) is 4.98 Å². The van der Waals surface area contributed by atoms with Crippen LogP contribution in [0.4, 0.5) is 10.2 Å². The van der Waals surface area contributed by atoms with Gasteiger partial charge in [0.05, 0.1) is 5.56 Å². The van der Waals surface area contributed by atoms with Crippen molar-refractivity contribution in [3.8, 4) is 11.6 Å². The molecule has 112 valence electrons. The van der Waals surface area contributed by atoms with E-state index in [1.807, 2.05) is 13.8 Å². The Morgan fingerprint density at radius 3 is 2.67 bits per heavy atom. The third kappa shape index (κ3) is 3.46. The molecule has 3 N–H and O–H groups in total. The summed E-state index contributed by atoms with van der Waals surface area (Å²) in [5.74, 6) is 7.35. The summed E-state index contributed by atoms with van der Waals surface area (Å²) >= 11 is 0. The fourth-order valence-electron chi connectivity index (χ4n) is 1.91. The summed E-state index contributed by atoms with van der Waals surface area (Å²) in [7, 11) is 0. The van der Waals surface area contributed by atoms with Gasteiger partial charge in [-0.1, -0.05) is 6.92 Å². The second-order valence-corrected chi connectivity index (χ2v) is 4.83. The standard InChI is InChI=1S/C15H19FN4O/c1-4-5-13-18-14(20-17)10(3)15(19-13)21-11-6-7-12(16)9(2)8-11/h6-8H,4-5,17H2,1-3H3,(H,18,19,20). The van der Waals surface area contributed by atoms with Gasteiger partial charge in [-0.25, -0.2) is 15.2 Å². The Kier molecular flexibility index (Phi) is 4.70. The second kappa shape index (κ2) is 6.49. The highest BCUT2D eigenvalue weighted by molar-refractivity contribution is 5.49. The summed E-state index contributed by atoms with van der Waals surface area (Å²) in [6.45, 7) is 5.55. The van der Waals surface area contributed by atoms with Crippen molar-refractivity contribution in [3.63, 3.8) is 0 Å². The molecule has 5 nitrogen and oxygen atoms in total. The second-order valence-electron chi connectivity index (χ2n) is 4.83. The van der Waals surface area contributed by atoms with Crippen molar-refractivity contribution < 1.29 is 9.13 Å². The van der Waals surface area contributed by atoms with Crippen molar-refractivity contribution in [3.05, 3.63) is 41.0 Å². The number of hydrazine groups is 1. The monoisotopic (exact) mass is 290 g/mol. The van der Waals surface area contributed by atoms with Crippen molar-refractivity contribution in [2.45, 2.75) is 33.6 Å². The number of nitrogen functional groups attached to an aromatic ring is 1. The number of nitrogens with one attached hydrogen (secondary N) is 1. The molecule has 1 aromatic heterocycles. The minimum absolute atomic E-state index is 0.266. The minimum atomic E-state index is -0.266. The normalized spacial score (nSPS) is 10.5. The van der Waals surface area contributed by atoms with Crippen LogP contribution < -0.4 is 16.0 Å². The van der Waals surface area contributed by atoms with Crippen LogP contribution in [-0.4, -0.2) is 9.97 Å². The van der Waals surface area contributed by atoms with E-state index in [-0.39, 0.29) is 5.82 Å². The molecule has 1 aromatic carbocycles. The van der Waals surface area contributed by atoms with Crippen LogP contribution in [0.1, 0.15) is 30.3 Å². The maximum absolute atomic E-state index is 13.3. The molecule has 0 saturated heterocycles. The molecule has 6 heteroatoms. The Bertz CT molecular complexity index is 646. The highest BCUT2D eigenvalue weighted by atomic mass is 19.1. The Labute approximate surface area is 123 Å². The zero-order valence-corrected chi connectivity index (χ0v) is 12.4. The maximum Gasteiger partial charge on any atom is 0.227 e. The number of aryl methyl sites for hydroxylation is 2. The molecule has 0 aliphatic rings. The van der Waals surface area contributed by atoms with Crippen molar-refractivity contribution in [2.75, 3.05) is 5.43 Å². The Morgan fingerprint density at radius 1 is 1.29 bits per heavy atom. The van der Waals surface area contributed by atoms with Crippen LogP contribution in [-0.2, 0) is 6.42 Å². The van der Waals surface area contributed by atoms with Crippen LogP contribution in [0.2, 0.25) is 0 Å². The summed E-state index contributed by atoms with van der Waals surface area (Å²) in [6.07, 6.45) is 1.65. The fourth-order valence-corrected chi connectivity index (χ4v) is 1.91. The molecule has 0 fully saturated rings. The lowest BCUT2D eigenvalue weighted by atomic mass is 10.2. The predicted octanol–water partition coefficient (Wildman–Crippen LogP) is 3.26. The van der Waals surface area contributed by atoms with Gasteiger partial charge in [0.2, 0.25) is 5.88 Å². The smallest absolute Gasteiger partial charge is 0.227 e.